The van der Waals surface area contributed by atoms with Gasteiger partial charge in [-0.05, 0) is 48.5 Å². The molecule has 0 atom stereocenters. The van der Waals surface area contributed by atoms with Gasteiger partial charge in [-0.15, -0.1) is 0 Å². The van der Waals surface area contributed by atoms with Crippen LogP contribution in [0.15, 0.2) is 66.7 Å². The summed E-state index contributed by atoms with van der Waals surface area (Å²) in [5, 5.41) is 18.9. The van der Waals surface area contributed by atoms with Gasteiger partial charge in [0.1, 0.15) is 17.3 Å². The first-order valence-electron chi connectivity index (χ1n) is 7.52. The number of hydrogen-bond acceptors (Lipinski definition) is 2. The largest absolute Gasteiger partial charge is 0.508 e. The summed E-state index contributed by atoms with van der Waals surface area (Å²) in [4.78, 5) is 0. The Morgan fingerprint density at radius 3 is 1.80 bits per heavy atom. The predicted molar refractivity (Wildman–Crippen MR) is 94.6 cm³/mol. The minimum absolute atomic E-state index is 0.101. The molecule has 0 aliphatic heterocycles. The molecular weight excluding hydrogens is 315 g/mol. The van der Waals surface area contributed by atoms with Gasteiger partial charge in [-0.2, -0.15) is 0 Å². The van der Waals surface area contributed by atoms with Crippen LogP contribution in [0.1, 0.15) is 22.3 Å². The molecular formula is C22H13FO2. The SMILES string of the molecule is Oc1cccc(C#Cc2cccc(F)c2C#Cc2cccc(O)c2)c1. The second-order valence-corrected chi connectivity index (χ2v) is 5.26. The molecule has 3 aromatic carbocycles. The Labute approximate surface area is 145 Å². The minimum atomic E-state index is -0.463. The zero-order valence-electron chi connectivity index (χ0n) is 13.1. The average Bonchev–Trinajstić information content (AvgIpc) is 2.59. The van der Waals surface area contributed by atoms with Crippen LogP contribution in [0.25, 0.3) is 0 Å². The van der Waals surface area contributed by atoms with Crippen LogP contribution in [-0.4, -0.2) is 10.2 Å². The maximum Gasteiger partial charge on any atom is 0.140 e. The van der Waals surface area contributed by atoms with Gasteiger partial charge in [-0.25, -0.2) is 4.39 Å². The van der Waals surface area contributed by atoms with Gasteiger partial charge in [0.05, 0.1) is 5.56 Å². The maximum absolute atomic E-state index is 14.2. The summed E-state index contributed by atoms with van der Waals surface area (Å²) in [6, 6.07) is 17.6. The lowest BCUT2D eigenvalue weighted by Gasteiger charge is -1.99. The molecule has 0 spiro atoms. The highest BCUT2D eigenvalue weighted by Gasteiger charge is 2.04. The third-order valence-corrected chi connectivity index (χ3v) is 3.38. The van der Waals surface area contributed by atoms with E-state index in [4.69, 9.17) is 0 Å². The van der Waals surface area contributed by atoms with E-state index in [1.54, 1.807) is 48.5 Å². The van der Waals surface area contributed by atoms with E-state index in [1.165, 1.54) is 18.2 Å². The van der Waals surface area contributed by atoms with Gasteiger partial charge >= 0.3 is 0 Å². The van der Waals surface area contributed by atoms with E-state index >= 15 is 0 Å². The summed E-state index contributed by atoms with van der Waals surface area (Å²) >= 11 is 0. The first kappa shape index (κ1) is 16.2. The third-order valence-electron chi connectivity index (χ3n) is 3.38. The van der Waals surface area contributed by atoms with Gasteiger partial charge in [0.25, 0.3) is 0 Å². The third kappa shape index (κ3) is 4.19. The summed E-state index contributed by atoms with van der Waals surface area (Å²) in [5.74, 6) is 11.2. The van der Waals surface area contributed by atoms with E-state index in [-0.39, 0.29) is 17.1 Å². The fraction of sp³-hybridized carbons (Fsp3) is 0. The van der Waals surface area contributed by atoms with E-state index in [9.17, 15) is 14.6 Å². The topological polar surface area (TPSA) is 40.5 Å². The standard InChI is InChI=1S/C22H13FO2/c23-22-9-3-6-18(12-10-16-4-1-7-19(24)14-16)21(22)13-11-17-5-2-8-20(25)15-17/h1-9,14-15,24-25H. The molecule has 2 nitrogen and oxygen atoms in total. The van der Waals surface area contributed by atoms with Gasteiger partial charge in [0.15, 0.2) is 0 Å². The van der Waals surface area contributed by atoms with Gasteiger partial charge in [-0.3, -0.25) is 0 Å². The second kappa shape index (κ2) is 7.25. The van der Waals surface area contributed by atoms with Gasteiger partial charge < -0.3 is 10.2 Å². The Morgan fingerprint density at radius 1 is 0.640 bits per heavy atom. The molecule has 3 aromatic rings. The van der Waals surface area contributed by atoms with E-state index < -0.39 is 5.82 Å². The molecule has 0 saturated heterocycles. The maximum atomic E-state index is 14.2. The highest BCUT2D eigenvalue weighted by molar-refractivity contribution is 5.55. The molecule has 0 amide bonds. The molecule has 0 heterocycles. The van der Waals surface area contributed by atoms with Gasteiger partial charge in [0, 0.05) is 16.7 Å². The number of phenolic OH excluding ortho intramolecular Hbond substituents is 2. The number of hydrogen-bond donors (Lipinski definition) is 2. The van der Waals surface area contributed by atoms with Crippen LogP contribution in [0, 0.1) is 29.5 Å². The fourth-order valence-electron chi connectivity index (χ4n) is 2.20. The molecule has 120 valence electrons. The van der Waals surface area contributed by atoms with Crippen LogP contribution in [0.5, 0.6) is 11.5 Å². The lowest BCUT2D eigenvalue weighted by molar-refractivity contribution is 0.474. The summed E-state index contributed by atoms with van der Waals surface area (Å²) in [6.45, 7) is 0. The molecule has 0 radical (unpaired) electrons. The average molecular weight is 328 g/mol. The fourth-order valence-corrected chi connectivity index (χ4v) is 2.20. The smallest absolute Gasteiger partial charge is 0.140 e. The monoisotopic (exact) mass is 328 g/mol. The van der Waals surface area contributed by atoms with Crippen LogP contribution in [0.4, 0.5) is 4.39 Å². The van der Waals surface area contributed by atoms with E-state index in [0.29, 0.717) is 16.7 Å². The summed E-state index contributed by atoms with van der Waals surface area (Å²) in [7, 11) is 0. The summed E-state index contributed by atoms with van der Waals surface area (Å²) in [6.07, 6.45) is 0. The van der Waals surface area contributed by atoms with Crippen LogP contribution in [0.3, 0.4) is 0 Å². The second-order valence-electron chi connectivity index (χ2n) is 5.26. The summed E-state index contributed by atoms with van der Waals surface area (Å²) in [5.41, 5.74) is 1.85. The van der Waals surface area contributed by atoms with Crippen molar-refractivity contribution in [2.24, 2.45) is 0 Å². The van der Waals surface area contributed by atoms with Crippen LogP contribution >= 0.6 is 0 Å². The molecule has 0 unspecified atom stereocenters. The highest BCUT2D eigenvalue weighted by atomic mass is 19.1. The molecule has 0 aliphatic carbocycles. The molecule has 3 heteroatoms. The number of rotatable bonds is 0. The molecule has 0 saturated carbocycles. The quantitative estimate of drug-likeness (QED) is 0.612. The first-order chi connectivity index (χ1) is 12.1. The number of aromatic hydroxyl groups is 2. The highest BCUT2D eigenvalue weighted by Crippen LogP contribution is 2.14. The molecule has 3 rings (SSSR count). The molecule has 0 fully saturated rings. The van der Waals surface area contributed by atoms with Crippen molar-refractivity contribution in [3.63, 3.8) is 0 Å². The van der Waals surface area contributed by atoms with Gasteiger partial charge in [-0.1, -0.05) is 41.9 Å². The van der Waals surface area contributed by atoms with Crippen LogP contribution < -0.4 is 0 Å². The zero-order chi connectivity index (χ0) is 17.6. The number of benzene rings is 3. The number of phenols is 2. The van der Waals surface area contributed by atoms with Crippen molar-refractivity contribution in [2.75, 3.05) is 0 Å². The molecule has 0 aromatic heterocycles. The van der Waals surface area contributed by atoms with Crippen molar-refractivity contribution < 1.29 is 14.6 Å². The van der Waals surface area contributed by atoms with E-state index in [1.807, 2.05) is 0 Å². The van der Waals surface area contributed by atoms with Crippen molar-refractivity contribution in [3.05, 3.63) is 94.8 Å². The van der Waals surface area contributed by atoms with E-state index in [2.05, 4.69) is 23.7 Å². The Hall–Kier alpha value is -3.69. The Balaban J connectivity index is 1.99. The predicted octanol–water partition coefficient (Wildman–Crippen LogP) is 4.04. The molecule has 25 heavy (non-hydrogen) atoms. The van der Waals surface area contributed by atoms with Gasteiger partial charge in [0.2, 0.25) is 0 Å². The van der Waals surface area contributed by atoms with Crippen molar-refractivity contribution in [1.82, 2.24) is 0 Å². The Kier molecular flexibility index (Phi) is 4.69. The summed E-state index contributed by atoms with van der Waals surface area (Å²) < 4.78 is 14.2. The van der Waals surface area contributed by atoms with Crippen molar-refractivity contribution >= 4 is 0 Å². The Bertz CT molecular complexity index is 1050. The Morgan fingerprint density at radius 2 is 1.20 bits per heavy atom. The van der Waals surface area contributed by atoms with Crippen LogP contribution in [-0.2, 0) is 0 Å². The van der Waals surface area contributed by atoms with Crippen molar-refractivity contribution in [1.29, 1.82) is 0 Å². The molecule has 2 N–H and O–H groups in total. The minimum Gasteiger partial charge on any atom is -0.508 e. The lowest BCUT2D eigenvalue weighted by Crippen LogP contribution is -1.89. The van der Waals surface area contributed by atoms with Crippen LogP contribution in [0.2, 0.25) is 0 Å². The number of halogens is 1. The van der Waals surface area contributed by atoms with Crippen molar-refractivity contribution in [2.45, 2.75) is 0 Å². The van der Waals surface area contributed by atoms with E-state index in [0.717, 1.165) is 0 Å². The molecule has 0 aliphatic rings. The molecule has 0 bridgehead atoms. The lowest BCUT2D eigenvalue weighted by atomic mass is 10.1. The normalized spacial score (nSPS) is 9.48. The van der Waals surface area contributed by atoms with Crippen molar-refractivity contribution in [3.8, 4) is 35.2 Å². The first-order valence-corrected chi connectivity index (χ1v) is 7.52. The zero-order valence-corrected chi connectivity index (χ0v) is 13.1.